The second kappa shape index (κ2) is 6.08. The smallest absolute Gasteiger partial charge is 0.283 e. The van der Waals surface area contributed by atoms with Crippen LogP contribution in [-0.4, -0.2) is 11.5 Å². The highest BCUT2D eigenvalue weighted by Crippen LogP contribution is 2.50. The van der Waals surface area contributed by atoms with Gasteiger partial charge in [-0.2, -0.15) is 0 Å². The minimum Gasteiger partial charge on any atom is -0.476 e. The molecular weight excluding hydrogens is 262 g/mol. The lowest BCUT2D eigenvalue weighted by atomic mass is 9.58. The van der Waals surface area contributed by atoms with Crippen LogP contribution in [0.1, 0.15) is 54.4 Å². The van der Waals surface area contributed by atoms with Gasteiger partial charge in [-0.15, -0.1) is 0 Å². The fourth-order valence-electron chi connectivity index (χ4n) is 3.02. The van der Waals surface area contributed by atoms with Crippen LogP contribution in [0.5, 0.6) is 5.75 Å². The summed E-state index contributed by atoms with van der Waals surface area (Å²) in [6.07, 6.45) is 1.52. The van der Waals surface area contributed by atoms with Gasteiger partial charge in [0, 0.05) is 10.8 Å². The molecule has 0 heterocycles. The van der Waals surface area contributed by atoms with E-state index in [4.69, 9.17) is 10.5 Å². The van der Waals surface area contributed by atoms with E-state index in [1.54, 1.807) is 0 Å². The van der Waals surface area contributed by atoms with Gasteiger partial charge in [-0.1, -0.05) is 59.7 Å². The highest BCUT2D eigenvalue weighted by atomic mass is 16.5. The Morgan fingerprint density at radius 2 is 1.43 bits per heavy atom. The molecule has 0 aliphatic carbocycles. The molecule has 117 valence electrons. The van der Waals surface area contributed by atoms with Crippen LogP contribution in [0.3, 0.4) is 0 Å². The van der Waals surface area contributed by atoms with Gasteiger partial charge in [-0.25, -0.2) is 0 Å². The van der Waals surface area contributed by atoms with Gasteiger partial charge < -0.3 is 4.74 Å². The van der Waals surface area contributed by atoms with Gasteiger partial charge in [0.1, 0.15) is 5.75 Å². The zero-order valence-electron chi connectivity index (χ0n) is 14.1. The van der Waals surface area contributed by atoms with Crippen molar-refractivity contribution in [1.29, 1.82) is 0 Å². The predicted molar refractivity (Wildman–Crippen MR) is 86.0 cm³/mol. The van der Waals surface area contributed by atoms with E-state index in [0.717, 1.165) is 12.8 Å². The molecule has 0 aliphatic rings. The summed E-state index contributed by atoms with van der Waals surface area (Å²) in [6.45, 7) is 12.1. The quantitative estimate of drug-likeness (QED) is 0.743. The van der Waals surface area contributed by atoms with E-state index in [2.05, 4.69) is 0 Å². The highest BCUT2D eigenvalue weighted by molar-refractivity contribution is 5.85. The number of hydrogen-bond donors (Lipinski definition) is 0. The molecule has 0 fully saturated rings. The van der Waals surface area contributed by atoms with E-state index < -0.39 is 22.3 Å². The van der Waals surface area contributed by atoms with Crippen LogP contribution in [0.15, 0.2) is 30.3 Å². The zero-order valence-corrected chi connectivity index (χ0v) is 14.1. The fourth-order valence-corrected chi connectivity index (χ4v) is 3.02. The van der Waals surface area contributed by atoms with Gasteiger partial charge in [-0.3, -0.25) is 10.5 Å². The molecule has 3 heteroatoms. The molecule has 0 unspecified atom stereocenters. The minimum absolute atomic E-state index is 0.443. The Morgan fingerprint density at radius 3 is 1.76 bits per heavy atom. The number of rotatable bonds is 7. The summed E-state index contributed by atoms with van der Waals surface area (Å²) in [5, 5.41) is 0. The lowest BCUT2D eigenvalue weighted by Gasteiger charge is -2.52. The predicted octanol–water partition coefficient (Wildman–Crippen LogP) is 4.49. The average Bonchev–Trinajstić information content (AvgIpc) is 2.44. The molecule has 1 aromatic carbocycles. The van der Waals surface area contributed by atoms with Gasteiger partial charge in [0.2, 0.25) is 0 Å². The molecule has 0 saturated heterocycles. The molecular formula is C18H28NO2. The van der Waals surface area contributed by atoms with Crippen molar-refractivity contribution in [2.75, 3.05) is 0 Å². The van der Waals surface area contributed by atoms with Crippen LogP contribution < -0.4 is 10.5 Å². The maximum atomic E-state index is 12.4. The Morgan fingerprint density at radius 1 is 1.00 bits per heavy atom. The Balaban J connectivity index is 3.50. The molecule has 1 N–H and O–H groups in total. The average molecular weight is 290 g/mol. The lowest BCUT2D eigenvalue weighted by Crippen LogP contribution is -2.65. The maximum absolute atomic E-state index is 12.4. The van der Waals surface area contributed by atoms with Crippen LogP contribution in [0.2, 0.25) is 0 Å². The molecule has 1 rings (SSSR count). The van der Waals surface area contributed by atoms with E-state index in [1.807, 2.05) is 71.9 Å². The molecule has 0 saturated carbocycles. The molecule has 1 aromatic rings. The zero-order chi connectivity index (χ0) is 16.3. The Kier molecular flexibility index (Phi) is 5.08. The van der Waals surface area contributed by atoms with Crippen molar-refractivity contribution in [2.45, 2.75) is 60.0 Å². The fraction of sp³-hybridized carbons (Fsp3) is 0.611. The first kappa shape index (κ1) is 17.5. The molecule has 0 atom stereocenters. The van der Waals surface area contributed by atoms with Crippen molar-refractivity contribution >= 4 is 5.91 Å². The summed E-state index contributed by atoms with van der Waals surface area (Å²) in [4.78, 5) is 12.4. The first-order chi connectivity index (χ1) is 9.64. The van der Waals surface area contributed by atoms with Crippen LogP contribution >= 0.6 is 0 Å². The minimum atomic E-state index is -1.18. The number of ether oxygens (including phenoxy) is 1. The third kappa shape index (κ3) is 2.92. The standard InChI is InChI=1S/C18H28NO2/c1-7-16(3,4)18(15(19)20,17(5,6)8-2)21-14-12-10-9-11-13-14/h9-13,19H,7-8H2,1-6H3. The van der Waals surface area contributed by atoms with Gasteiger partial charge in [0.15, 0.2) is 5.60 Å². The molecule has 0 spiro atoms. The number of hydrogen-bond acceptors (Lipinski definition) is 2. The van der Waals surface area contributed by atoms with Crippen LogP contribution in [0, 0.1) is 10.8 Å². The molecule has 21 heavy (non-hydrogen) atoms. The third-order valence-electron chi connectivity index (χ3n) is 5.01. The van der Waals surface area contributed by atoms with Crippen molar-refractivity contribution < 1.29 is 9.53 Å². The summed E-state index contributed by atoms with van der Waals surface area (Å²) in [6, 6.07) is 9.36. The van der Waals surface area contributed by atoms with Gasteiger partial charge in [-0.05, 0) is 25.0 Å². The van der Waals surface area contributed by atoms with Crippen molar-refractivity contribution in [3.8, 4) is 5.75 Å². The van der Waals surface area contributed by atoms with Crippen LogP contribution in [0.25, 0.3) is 0 Å². The van der Waals surface area contributed by atoms with Crippen molar-refractivity contribution in [3.63, 3.8) is 0 Å². The van der Waals surface area contributed by atoms with E-state index in [-0.39, 0.29) is 0 Å². The van der Waals surface area contributed by atoms with Gasteiger partial charge >= 0.3 is 0 Å². The Labute approximate surface area is 128 Å². The summed E-state index contributed by atoms with van der Waals surface area (Å²) < 4.78 is 6.24. The molecule has 0 aromatic heterocycles. The van der Waals surface area contributed by atoms with Crippen molar-refractivity contribution in [1.82, 2.24) is 5.73 Å². The first-order valence-corrected chi connectivity index (χ1v) is 7.64. The first-order valence-electron chi connectivity index (χ1n) is 7.64. The van der Waals surface area contributed by atoms with E-state index in [0.29, 0.717) is 5.75 Å². The summed E-state index contributed by atoms with van der Waals surface area (Å²) >= 11 is 0. The van der Waals surface area contributed by atoms with Gasteiger partial charge in [0.25, 0.3) is 5.91 Å². The maximum Gasteiger partial charge on any atom is 0.283 e. The number of carbonyl (C=O) groups excluding carboxylic acids is 1. The van der Waals surface area contributed by atoms with Crippen molar-refractivity contribution in [3.05, 3.63) is 30.3 Å². The number of benzene rings is 1. The summed E-state index contributed by atoms with van der Waals surface area (Å²) in [5.41, 5.74) is 5.92. The van der Waals surface area contributed by atoms with E-state index >= 15 is 0 Å². The highest BCUT2D eigenvalue weighted by Gasteiger charge is 2.60. The molecule has 1 amide bonds. The third-order valence-corrected chi connectivity index (χ3v) is 5.01. The van der Waals surface area contributed by atoms with Crippen LogP contribution in [0.4, 0.5) is 0 Å². The topological polar surface area (TPSA) is 50.1 Å². The van der Waals surface area contributed by atoms with Crippen LogP contribution in [-0.2, 0) is 4.79 Å². The molecule has 0 bridgehead atoms. The summed E-state index contributed by atoms with van der Waals surface area (Å²) in [7, 11) is 0. The number of nitrogens with one attached hydrogen (secondary N) is 1. The van der Waals surface area contributed by atoms with Crippen molar-refractivity contribution in [2.24, 2.45) is 10.8 Å². The summed E-state index contributed by atoms with van der Waals surface area (Å²) in [5.74, 6) is -0.00815. The molecule has 1 radical (unpaired) electrons. The Hall–Kier alpha value is -1.51. The van der Waals surface area contributed by atoms with Gasteiger partial charge in [0.05, 0.1) is 0 Å². The van der Waals surface area contributed by atoms with E-state index in [1.165, 1.54) is 0 Å². The lowest BCUT2D eigenvalue weighted by molar-refractivity contribution is -0.168. The number of para-hydroxylation sites is 1. The molecule has 0 aliphatic heterocycles. The second-order valence-electron chi connectivity index (χ2n) is 6.90. The van der Waals surface area contributed by atoms with E-state index in [9.17, 15) is 4.79 Å². The SMILES string of the molecule is CCC(C)(C)C(Oc1ccccc1)(C([NH])=O)C(C)(C)CC. The number of amides is 1. The second-order valence-corrected chi connectivity index (χ2v) is 6.90. The normalized spacial score (nSPS) is 13.0. The molecule has 3 nitrogen and oxygen atoms in total. The number of carbonyl (C=O) groups is 1. The Bertz CT molecular complexity index is 461. The monoisotopic (exact) mass is 290 g/mol. The largest absolute Gasteiger partial charge is 0.476 e.